The minimum atomic E-state index is -3.42. The molecular weight excluding hydrogens is 306 g/mol. The molecule has 0 saturated heterocycles. The molecule has 0 spiro atoms. The maximum atomic E-state index is 12.6. The zero-order chi connectivity index (χ0) is 16.4. The van der Waals surface area contributed by atoms with E-state index >= 15 is 0 Å². The fourth-order valence-corrected chi connectivity index (χ4v) is 4.05. The fourth-order valence-electron chi connectivity index (χ4n) is 2.88. The smallest absolute Gasteiger partial charge is 0.207 e. The van der Waals surface area contributed by atoms with E-state index in [4.69, 9.17) is 0 Å². The second-order valence-corrected chi connectivity index (χ2v) is 8.03. The first-order valence-electron chi connectivity index (χ1n) is 7.79. The van der Waals surface area contributed by atoms with Crippen LogP contribution in [0.5, 0.6) is 0 Å². The van der Waals surface area contributed by atoms with E-state index in [1.165, 1.54) is 21.0 Å². The Balaban J connectivity index is 1.70. The summed E-state index contributed by atoms with van der Waals surface area (Å²) in [6, 6.07) is 15.3. The van der Waals surface area contributed by atoms with E-state index in [2.05, 4.69) is 18.2 Å². The van der Waals surface area contributed by atoms with Crippen molar-refractivity contribution in [2.75, 3.05) is 13.6 Å². The summed E-state index contributed by atoms with van der Waals surface area (Å²) in [5.74, 6) is 0. The molecule has 0 heterocycles. The Bertz CT molecular complexity index is 836. The Morgan fingerprint density at radius 2 is 1.74 bits per heavy atom. The maximum Gasteiger partial charge on any atom is 0.242 e. The summed E-state index contributed by atoms with van der Waals surface area (Å²) < 4.78 is 26.6. The Labute approximate surface area is 138 Å². The van der Waals surface area contributed by atoms with E-state index in [0.29, 0.717) is 11.4 Å². The van der Waals surface area contributed by atoms with Gasteiger partial charge in [0.25, 0.3) is 0 Å². The van der Waals surface area contributed by atoms with Gasteiger partial charge in [-0.3, -0.25) is 0 Å². The SMILES string of the molecule is Cc1ccc(S(=O)(=O)N(C)CCC2=CCc3ccccc32)cc1. The van der Waals surface area contributed by atoms with Gasteiger partial charge in [-0.2, -0.15) is 0 Å². The average molecular weight is 327 g/mol. The second kappa shape index (κ2) is 6.30. The van der Waals surface area contributed by atoms with Crippen LogP contribution in [0, 0.1) is 6.92 Å². The van der Waals surface area contributed by atoms with Crippen molar-refractivity contribution >= 4 is 15.6 Å². The van der Waals surface area contributed by atoms with Crippen molar-refractivity contribution in [1.82, 2.24) is 4.31 Å². The van der Waals surface area contributed by atoms with Gasteiger partial charge < -0.3 is 0 Å². The first-order valence-corrected chi connectivity index (χ1v) is 9.23. The number of hydrogen-bond donors (Lipinski definition) is 0. The fraction of sp³-hybridized carbons (Fsp3) is 0.263. The number of fused-ring (bicyclic) bond motifs is 1. The third-order valence-corrected chi connectivity index (χ3v) is 6.23. The number of benzene rings is 2. The first-order chi connectivity index (χ1) is 11.0. The van der Waals surface area contributed by atoms with E-state index in [0.717, 1.165) is 18.4 Å². The van der Waals surface area contributed by atoms with Gasteiger partial charge >= 0.3 is 0 Å². The summed E-state index contributed by atoms with van der Waals surface area (Å²) in [6.07, 6.45) is 3.88. The summed E-state index contributed by atoms with van der Waals surface area (Å²) in [6.45, 7) is 2.43. The first kappa shape index (κ1) is 16.0. The molecule has 0 amide bonds. The Kier molecular flexibility index (Phi) is 4.37. The molecule has 1 aliphatic carbocycles. The normalized spacial score (nSPS) is 14.0. The lowest BCUT2D eigenvalue weighted by Crippen LogP contribution is -2.28. The van der Waals surface area contributed by atoms with E-state index in [9.17, 15) is 8.42 Å². The Morgan fingerprint density at radius 3 is 2.48 bits per heavy atom. The van der Waals surface area contributed by atoms with Gasteiger partial charge in [0.2, 0.25) is 10.0 Å². The van der Waals surface area contributed by atoms with Crippen LogP contribution in [-0.4, -0.2) is 26.3 Å². The molecule has 0 aliphatic heterocycles. The zero-order valence-electron chi connectivity index (χ0n) is 13.5. The summed E-state index contributed by atoms with van der Waals surface area (Å²) in [5.41, 5.74) is 4.88. The van der Waals surface area contributed by atoms with Crippen LogP contribution in [0.2, 0.25) is 0 Å². The predicted molar refractivity (Wildman–Crippen MR) is 93.7 cm³/mol. The molecule has 3 rings (SSSR count). The third kappa shape index (κ3) is 3.23. The molecule has 0 N–H and O–H groups in total. The monoisotopic (exact) mass is 327 g/mol. The largest absolute Gasteiger partial charge is 0.242 e. The standard InChI is InChI=1S/C19H21NO2S/c1-15-7-11-18(12-8-15)23(21,22)20(2)14-13-17-10-9-16-5-3-4-6-19(16)17/h3-8,10-12H,9,13-14H2,1-2H3. The van der Waals surface area contributed by atoms with Crippen LogP contribution < -0.4 is 0 Å². The van der Waals surface area contributed by atoms with Crippen molar-refractivity contribution in [2.24, 2.45) is 0 Å². The van der Waals surface area contributed by atoms with Crippen LogP contribution in [0.3, 0.4) is 0 Å². The van der Waals surface area contributed by atoms with Crippen LogP contribution in [0.1, 0.15) is 23.1 Å². The molecule has 120 valence electrons. The van der Waals surface area contributed by atoms with Gasteiger partial charge in [-0.05, 0) is 48.6 Å². The summed E-state index contributed by atoms with van der Waals surface area (Å²) in [7, 11) is -1.77. The number of sulfonamides is 1. The van der Waals surface area contributed by atoms with E-state index < -0.39 is 10.0 Å². The van der Waals surface area contributed by atoms with Crippen molar-refractivity contribution in [1.29, 1.82) is 0 Å². The molecule has 4 heteroatoms. The number of nitrogens with zero attached hydrogens (tertiary/aromatic N) is 1. The van der Waals surface area contributed by atoms with Crippen LogP contribution in [0.25, 0.3) is 5.57 Å². The minimum absolute atomic E-state index is 0.353. The van der Waals surface area contributed by atoms with Crippen LogP contribution in [0.4, 0.5) is 0 Å². The molecule has 0 bridgehead atoms. The number of aryl methyl sites for hydroxylation is 1. The molecule has 0 unspecified atom stereocenters. The number of rotatable bonds is 5. The summed E-state index contributed by atoms with van der Waals surface area (Å²) in [5, 5.41) is 0. The molecule has 23 heavy (non-hydrogen) atoms. The molecule has 0 fully saturated rings. The molecule has 1 aliphatic rings. The highest BCUT2D eigenvalue weighted by Gasteiger charge is 2.21. The van der Waals surface area contributed by atoms with Crippen molar-refractivity contribution in [3.05, 3.63) is 71.3 Å². The molecule has 0 saturated carbocycles. The topological polar surface area (TPSA) is 37.4 Å². The predicted octanol–water partition coefficient (Wildman–Crippen LogP) is 3.65. The third-order valence-electron chi connectivity index (χ3n) is 4.36. The van der Waals surface area contributed by atoms with Crippen molar-refractivity contribution in [3.63, 3.8) is 0 Å². The molecule has 3 nitrogen and oxygen atoms in total. The zero-order valence-corrected chi connectivity index (χ0v) is 14.3. The van der Waals surface area contributed by atoms with Crippen molar-refractivity contribution < 1.29 is 8.42 Å². The lowest BCUT2D eigenvalue weighted by Gasteiger charge is -2.18. The Hall–Kier alpha value is -1.91. The van der Waals surface area contributed by atoms with E-state index in [-0.39, 0.29) is 0 Å². The highest BCUT2D eigenvalue weighted by molar-refractivity contribution is 7.89. The average Bonchev–Trinajstić information content (AvgIpc) is 2.96. The quantitative estimate of drug-likeness (QED) is 0.841. The molecule has 2 aromatic rings. The molecular formula is C19H21NO2S. The second-order valence-electron chi connectivity index (χ2n) is 5.98. The molecule has 0 radical (unpaired) electrons. The molecule has 2 aromatic carbocycles. The van der Waals surface area contributed by atoms with Crippen LogP contribution in [-0.2, 0) is 16.4 Å². The molecule has 0 atom stereocenters. The van der Waals surface area contributed by atoms with Crippen LogP contribution >= 0.6 is 0 Å². The number of hydrogen-bond acceptors (Lipinski definition) is 2. The van der Waals surface area contributed by atoms with E-state index in [1.807, 2.05) is 31.2 Å². The van der Waals surface area contributed by atoms with Gasteiger partial charge in [0.15, 0.2) is 0 Å². The van der Waals surface area contributed by atoms with Crippen molar-refractivity contribution in [2.45, 2.75) is 24.7 Å². The van der Waals surface area contributed by atoms with Crippen LogP contribution in [0.15, 0.2) is 59.5 Å². The van der Waals surface area contributed by atoms with Gasteiger partial charge in [-0.1, -0.05) is 48.0 Å². The van der Waals surface area contributed by atoms with Gasteiger partial charge in [0.05, 0.1) is 4.90 Å². The highest BCUT2D eigenvalue weighted by atomic mass is 32.2. The molecule has 0 aromatic heterocycles. The van der Waals surface area contributed by atoms with E-state index in [1.54, 1.807) is 19.2 Å². The van der Waals surface area contributed by atoms with Gasteiger partial charge in [-0.15, -0.1) is 0 Å². The lowest BCUT2D eigenvalue weighted by atomic mass is 10.0. The maximum absolute atomic E-state index is 12.6. The van der Waals surface area contributed by atoms with Gasteiger partial charge in [-0.25, -0.2) is 12.7 Å². The summed E-state index contributed by atoms with van der Waals surface area (Å²) in [4.78, 5) is 0.353. The van der Waals surface area contributed by atoms with Crippen molar-refractivity contribution in [3.8, 4) is 0 Å². The Morgan fingerprint density at radius 1 is 1.04 bits per heavy atom. The number of allylic oxidation sites excluding steroid dienone is 1. The van der Waals surface area contributed by atoms with Gasteiger partial charge in [0.1, 0.15) is 0 Å². The van der Waals surface area contributed by atoms with Gasteiger partial charge in [0, 0.05) is 13.6 Å². The minimum Gasteiger partial charge on any atom is -0.207 e. The highest BCUT2D eigenvalue weighted by Crippen LogP contribution is 2.30. The lowest BCUT2D eigenvalue weighted by molar-refractivity contribution is 0.477. The summed E-state index contributed by atoms with van der Waals surface area (Å²) >= 11 is 0.